The van der Waals surface area contributed by atoms with Gasteiger partial charge in [0.2, 0.25) is 0 Å². The first-order valence-electron chi connectivity index (χ1n) is 10.5. The number of hydrogen-bond donors (Lipinski definition) is 1. The van der Waals surface area contributed by atoms with Gasteiger partial charge in [-0.2, -0.15) is 0 Å². The maximum absolute atomic E-state index is 13.2. The molecule has 0 spiro atoms. The number of amides is 4. The number of aromatic nitrogens is 1. The molecule has 0 aliphatic carbocycles. The number of carbonyl (C=O) groups excluding carboxylic acids is 3. The van der Waals surface area contributed by atoms with Crippen molar-refractivity contribution in [1.29, 1.82) is 0 Å². The molecule has 0 atom stereocenters. The number of nitrogens with zero attached hydrogens (tertiary/aromatic N) is 2. The van der Waals surface area contributed by atoms with Crippen LogP contribution in [0.15, 0.2) is 54.1 Å². The number of benzene rings is 2. The van der Waals surface area contributed by atoms with E-state index in [0.29, 0.717) is 12.2 Å². The molecule has 2 aromatic carbocycles. The van der Waals surface area contributed by atoms with Gasteiger partial charge in [0, 0.05) is 17.1 Å². The minimum atomic E-state index is -0.856. The first kappa shape index (κ1) is 23.6. The molecule has 1 saturated heterocycles. The number of urea groups is 1. The number of halogens is 2. The second kappa shape index (κ2) is 9.37. The molecule has 1 aromatic heterocycles. The molecule has 1 aliphatic rings. The van der Waals surface area contributed by atoms with Gasteiger partial charge < -0.3 is 9.30 Å². The van der Waals surface area contributed by atoms with E-state index >= 15 is 0 Å². The number of carbonyl (C=O) groups is 3. The van der Waals surface area contributed by atoms with Crippen LogP contribution < -0.4 is 15.0 Å². The first-order valence-corrected chi connectivity index (χ1v) is 11.3. The van der Waals surface area contributed by atoms with Gasteiger partial charge in [-0.15, -0.1) is 0 Å². The molecule has 0 bridgehead atoms. The number of imide groups is 2. The molecule has 1 N–H and O–H groups in total. The molecule has 0 saturated carbocycles. The summed E-state index contributed by atoms with van der Waals surface area (Å²) in [4.78, 5) is 39.1. The van der Waals surface area contributed by atoms with Crippen LogP contribution in [0.5, 0.6) is 5.75 Å². The van der Waals surface area contributed by atoms with E-state index in [1.165, 1.54) is 24.3 Å². The third kappa shape index (κ3) is 4.32. The second-order valence-corrected chi connectivity index (χ2v) is 8.46. The number of anilines is 1. The minimum Gasteiger partial charge on any atom is -0.494 e. The van der Waals surface area contributed by atoms with Crippen molar-refractivity contribution in [3.63, 3.8) is 0 Å². The van der Waals surface area contributed by atoms with E-state index in [2.05, 4.69) is 5.32 Å². The molecule has 3 aromatic rings. The van der Waals surface area contributed by atoms with Crippen LogP contribution in [-0.2, 0) is 9.59 Å². The smallest absolute Gasteiger partial charge is 0.335 e. The van der Waals surface area contributed by atoms with E-state index in [4.69, 9.17) is 27.9 Å². The molecular weight excluding hydrogens is 477 g/mol. The number of nitrogens with one attached hydrogen (secondary N) is 1. The summed E-state index contributed by atoms with van der Waals surface area (Å²) in [6.45, 7) is 6.33. The van der Waals surface area contributed by atoms with Gasteiger partial charge in [0.1, 0.15) is 11.3 Å². The number of ether oxygens (including phenoxy) is 1. The highest BCUT2D eigenvalue weighted by Gasteiger charge is 2.37. The largest absolute Gasteiger partial charge is 0.494 e. The highest BCUT2D eigenvalue weighted by molar-refractivity contribution is 6.43. The Morgan fingerprint density at radius 3 is 2.26 bits per heavy atom. The van der Waals surface area contributed by atoms with Gasteiger partial charge in [-0.05, 0) is 80.9 Å². The van der Waals surface area contributed by atoms with Crippen LogP contribution in [0, 0.1) is 13.8 Å². The third-order valence-corrected chi connectivity index (χ3v) is 6.18. The number of aryl methyl sites for hydroxylation is 1. The van der Waals surface area contributed by atoms with Crippen LogP contribution in [0.4, 0.5) is 10.5 Å². The lowest BCUT2D eigenvalue weighted by atomic mass is 10.1. The van der Waals surface area contributed by atoms with Crippen molar-refractivity contribution in [1.82, 2.24) is 9.88 Å². The summed E-state index contributed by atoms with van der Waals surface area (Å²) >= 11 is 12.0. The summed E-state index contributed by atoms with van der Waals surface area (Å²) in [5.74, 6) is -0.747. The average Bonchev–Trinajstić information content (AvgIpc) is 3.07. The van der Waals surface area contributed by atoms with Gasteiger partial charge in [-0.3, -0.25) is 14.9 Å². The second-order valence-electron chi connectivity index (χ2n) is 7.65. The van der Waals surface area contributed by atoms with Crippen molar-refractivity contribution < 1.29 is 19.1 Å². The fourth-order valence-corrected chi connectivity index (χ4v) is 4.15. The fourth-order valence-electron chi connectivity index (χ4n) is 3.86. The summed E-state index contributed by atoms with van der Waals surface area (Å²) in [6, 6.07) is 13.0. The molecule has 0 unspecified atom stereocenters. The average molecular weight is 498 g/mol. The quantitative estimate of drug-likeness (QED) is 0.374. The summed E-state index contributed by atoms with van der Waals surface area (Å²) in [5, 5.41) is 2.68. The van der Waals surface area contributed by atoms with E-state index in [1.54, 1.807) is 0 Å². The number of rotatable bonds is 5. The molecule has 7 nitrogen and oxygen atoms in total. The molecule has 2 heterocycles. The van der Waals surface area contributed by atoms with Crippen molar-refractivity contribution in [2.45, 2.75) is 20.8 Å². The Labute approximate surface area is 206 Å². The van der Waals surface area contributed by atoms with E-state index in [9.17, 15) is 14.4 Å². The van der Waals surface area contributed by atoms with Gasteiger partial charge in [-0.25, -0.2) is 9.69 Å². The SMILES string of the molecule is CCOc1ccc(-n2c(C)cc(/C=C3\C(=O)NC(=O)N(c4ccc(Cl)c(Cl)c4)C3=O)c2C)cc1. The van der Waals surface area contributed by atoms with Crippen LogP contribution in [0.2, 0.25) is 10.0 Å². The minimum absolute atomic E-state index is 0.169. The van der Waals surface area contributed by atoms with Crippen LogP contribution in [-0.4, -0.2) is 29.0 Å². The zero-order valence-electron chi connectivity index (χ0n) is 18.7. The summed E-state index contributed by atoms with van der Waals surface area (Å²) < 4.78 is 7.52. The van der Waals surface area contributed by atoms with Gasteiger partial charge in [0.25, 0.3) is 11.8 Å². The lowest BCUT2D eigenvalue weighted by Crippen LogP contribution is -2.54. The van der Waals surface area contributed by atoms with Crippen molar-refractivity contribution in [3.8, 4) is 11.4 Å². The number of barbiturate groups is 1. The van der Waals surface area contributed by atoms with E-state index in [0.717, 1.165) is 27.7 Å². The molecule has 1 fully saturated rings. The molecule has 34 heavy (non-hydrogen) atoms. The maximum Gasteiger partial charge on any atom is 0.335 e. The molecule has 4 rings (SSSR count). The van der Waals surface area contributed by atoms with E-state index in [1.807, 2.05) is 55.7 Å². The number of hydrogen-bond acceptors (Lipinski definition) is 4. The molecule has 4 amide bonds. The fraction of sp³-hybridized carbons (Fsp3) is 0.160. The Kier molecular flexibility index (Phi) is 6.50. The third-order valence-electron chi connectivity index (χ3n) is 5.44. The standard InChI is InChI=1S/C25H21Cl2N3O4/c1-4-34-19-8-5-17(6-9-19)29-14(2)11-16(15(29)3)12-20-23(31)28-25(33)30(24(20)32)18-7-10-21(26)22(27)13-18/h5-13H,4H2,1-3H3,(H,28,31,33)/b20-12+. The maximum atomic E-state index is 13.2. The Bertz CT molecular complexity index is 1340. The van der Waals surface area contributed by atoms with Gasteiger partial charge >= 0.3 is 6.03 Å². The Morgan fingerprint density at radius 1 is 0.941 bits per heavy atom. The predicted octanol–water partition coefficient (Wildman–Crippen LogP) is 5.47. The lowest BCUT2D eigenvalue weighted by Gasteiger charge is -2.26. The van der Waals surface area contributed by atoms with Crippen LogP contribution in [0.1, 0.15) is 23.9 Å². The van der Waals surface area contributed by atoms with Crippen LogP contribution in [0.3, 0.4) is 0 Å². The molecular formula is C25H21Cl2N3O4. The van der Waals surface area contributed by atoms with Gasteiger partial charge in [-0.1, -0.05) is 23.2 Å². The van der Waals surface area contributed by atoms with E-state index in [-0.39, 0.29) is 21.3 Å². The zero-order chi connectivity index (χ0) is 24.6. The topological polar surface area (TPSA) is 80.6 Å². The van der Waals surface area contributed by atoms with Crippen LogP contribution >= 0.6 is 23.2 Å². The van der Waals surface area contributed by atoms with Crippen LogP contribution in [0.25, 0.3) is 11.8 Å². The first-order chi connectivity index (χ1) is 16.2. The van der Waals surface area contributed by atoms with Crippen molar-refractivity contribution >= 4 is 52.8 Å². The van der Waals surface area contributed by atoms with Crippen molar-refractivity contribution in [3.05, 3.63) is 81.1 Å². The summed E-state index contributed by atoms with van der Waals surface area (Å²) in [6.07, 6.45) is 1.49. The zero-order valence-corrected chi connectivity index (χ0v) is 20.2. The highest BCUT2D eigenvalue weighted by atomic mass is 35.5. The van der Waals surface area contributed by atoms with Crippen molar-refractivity contribution in [2.75, 3.05) is 11.5 Å². The van der Waals surface area contributed by atoms with E-state index < -0.39 is 17.8 Å². The summed E-state index contributed by atoms with van der Waals surface area (Å²) in [7, 11) is 0. The Morgan fingerprint density at radius 2 is 1.62 bits per heavy atom. The van der Waals surface area contributed by atoms with Crippen molar-refractivity contribution in [2.24, 2.45) is 0 Å². The normalized spacial score (nSPS) is 15.1. The molecule has 1 aliphatic heterocycles. The molecule has 0 radical (unpaired) electrons. The monoisotopic (exact) mass is 497 g/mol. The Hall–Kier alpha value is -3.55. The van der Waals surface area contributed by atoms with Gasteiger partial charge in [0.05, 0.1) is 22.3 Å². The predicted molar refractivity (Wildman–Crippen MR) is 132 cm³/mol. The summed E-state index contributed by atoms with van der Waals surface area (Å²) in [5.41, 5.74) is 3.36. The Balaban J connectivity index is 1.72. The molecule has 9 heteroatoms. The molecule has 174 valence electrons. The highest BCUT2D eigenvalue weighted by Crippen LogP contribution is 2.30. The van der Waals surface area contributed by atoms with Gasteiger partial charge in [0.15, 0.2) is 0 Å². The lowest BCUT2D eigenvalue weighted by molar-refractivity contribution is -0.122.